The van der Waals surface area contributed by atoms with Crippen molar-refractivity contribution in [3.05, 3.63) is 82.9 Å². The topological polar surface area (TPSA) is 18.5 Å². The maximum Gasteiger partial charge on any atom is 0.123 e. The number of rotatable bonds is 5. The summed E-state index contributed by atoms with van der Waals surface area (Å²) in [5.41, 5.74) is 5.25. The highest BCUT2D eigenvalue weighted by atomic mass is 16.5. The van der Waals surface area contributed by atoms with Crippen molar-refractivity contribution in [1.29, 1.82) is 0 Å². The normalized spacial score (nSPS) is 20.9. The molecule has 0 amide bonds. The number of hydrogen-bond acceptors (Lipinski definition) is 2. The largest absolute Gasteiger partial charge is 0.496 e. The fourth-order valence-electron chi connectivity index (χ4n) is 4.01. The first kappa shape index (κ1) is 15.1. The zero-order valence-corrected chi connectivity index (χ0v) is 14.2. The molecule has 0 aliphatic heterocycles. The van der Waals surface area contributed by atoms with Crippen molar-refractivity contribution in [2.24, 2.45) is 0 Å². The van der Waals surface area contributed by atoms with Crippen LogP contribution in [0.2, 0.25) is 0 Å². The highest BCUT2D eigenvalue weighted by Crippen LogP contribution is 2.43. The van der Waals surface area contributed by atoms with Gasteiger partial charge in [-0.25, -0.2) is 0 Å². The Hall–Kier alpha value is -2.48. The third-order valence-electron chi connectivity index (χ3n) is 5.19. The van der Waals surface area contributed by atoms with Crippen LogP contribution in [0.5, 0.6) is 0 Å². The quantitative estimate of drug-likeness (QED) is 0.741. The van der Waals surface area contributed by atoms with Crippen molar-refractivity contribution in [3.63, 3.8) is 0 Å². The molecule has 0 heterocycles. The Bertz CT molecular complexity index is 747. The van der Waals surface area contributed by atoms with Gasteiger partial charge < -0.3 is 9.47 Å². The van der Waals surface area contributed by atoms with Crippen LogP contribution in [0.15, 0.2) is 60.7 Å². The summed E-state index contributed by atoms with van der Waals surface area (Å²) in [5.74, 6) is 2.89. The van der Waals surface area contributed by atoms with Crippen molar-refractivity contribution < 1.29 is 9.47 Å². The third-order valence-corrected chi connectivity index (χ3v) is 5.19. The molecule has 2 aromatic rings. The van der Waals surface area contributed by atoms with Gasteiger partial charge in [-0.15, -0.1) is 0 Å². The van der Waals surface area contributed by atoms with Crippen LogP contribution in [0.3, 0.4) is 0 Å². The Labute approximate surface area is 143 Å². The molecule has 0 spiro atoms. The third kappa shape index (κ3) is 2.43. The summed E-state index contributed by atoms with van der Waals surface area (Å²) in [5, 5.41) is 0. The van der Waals surface area contributed by atoms with Crippen LogP contribution in [-0.2, 0) is 9.47 Å². The van der Waals surface area contributed by atoms with E-state index in [1.807, 2.05) is 0 Å². The first-order valence-corrected chi connectivity index (χ1v) is 8.52. The van der Waals surface area contributed by atoms with Gasteiger partial charge in [0.25, 0.3) is 0 Å². The predicted molar refractivity (Wildman–Crippen MR) is 97.6 cm³/mol. The van der Waals surface area contributed by atoms with Crippen molar-refractivity contribution in [2.75, 3.05) is 14.2 Å². The fourth-order valence-corrected chi connectivity index (χ4v) is 4.01. The molecule has 4 rings (SSSR count). The average molecular weight is 318 g/mol. The molecule has 0 radical (unpaired) electrons. The Morgan fingerprint density at radius 2 is 1.08 bits per heavy atom. The van der Waals surface area contributed by atoms with E-state index >= 15 is 0 Å². The summed E-state index contributed by atoms with van der Waals surface area (Å²) in [7, 11) is 3.51. The molecule has 2 aromatic carbocycles. The smallest absolute Gasteiger partial charge is 0.123 e. The first-order valence-electron chi connectivity index (χ1n) is 8.52. The van der Waals surface area contributed by atoms with Gasteiger partial charge in [0, 0.05) is 23.0 Å². The van der Waals surface area contributed by atoms with Crippen LogP contribution in [0.1, 0.15) is 46.9 Å². The zero-order chi connectivity index (χ0) is 16.5. The lowest BCUT2D eigenvalue weighted by Crippen LogP contribution is -1.98. The molecule has 2 atom stereocenters. The van der Waals surface area contributed by atoms with E-state index in [1.54, 1.807) is 14.2 Å². The number of benzene rings is 2. The maximum atomic E-state index is 5.56. The van der Waals surface area contributed by atoms with Crippen molar-refractivity contribution in [2.45, 2.75) is 24.7 Å². The van der Waals surface area contributed by atoms with E-state index in [0.29, 0.717) is 11.8 Å². The molecular formula is C22H22O2. The lowest BCUT2D eigenvalue weighted by Gasteiger charge is -2.14. The average Bonchev–Trinajstić information content (AvgIpc) is 3.18. The minimum absolute atomic E-state index is 0.434. The van der Waals surface area contributed by atoms with E-state index in [2.05, 4.69) is 60.7 Å². The molecule has 2 heteroatoms. The molecule has 0 saturated heterocycles. The van der Waals surface area contributed by atoms with Gasteiger partial charge in [-0.1, -0.05) is 48.5 Å². The van der Waals surface area contributed by atoms with Crippen LogP contribution in [0.25, 0.3) is 11.5 Å². The van der Waals surface area contributed by atoms with Crippen molar-refractivity contribution in [3.8, 4) is 0 Å². The van der Waals surface area contributed by atoms with Gasteiger partial charge >= 0.3 is 0 Å². The van der Waals surface area contributed by atoms with Crippen LogP contribution in [0, 0.1) is 0 Å². The van der Waals surface area contributed by atoms with E-state index < -0.39 is 0 Å². The Morgan fingerprint density at radius 3 is 1.50 bits per heavy atom. The van der Waals surface area contributed by atoms with Gasteiger partial charge in [-0.05, 0) is 36.1 Å². The molecular weight excluding hydrogens is 296 g/mol. The predicted octanol–water partition coefficient (Wildman–Crippen LogP) is 5.34. The number of allylic oxidation sites excluding steroid dienone is 2. The summed E-state index contributed by atoms with van der Waals surface area (Å²) in [6, 6.07) is 17.1. The summed E-state index contributed by atoms with van der Waals surface area (Å²) in [6.45, 7) is 0. The standard InChI is InChI=1S/C22H22O2/c1-23-21-13-15(17-7-3-5-9-19(17)21)11-12-16-14-22(24-2)20-10-6-4-8-18(16)20/h3-10,13-16H,11-12H2,1-2H3. The van der Waals surface area contributed by atoms with Crippen molar-refractivity contribution >= 4 is 11.5 Å². The number of hydrogen-bond donors (Lipinski definition) is 0. The van der Waals surface area contributed by atoms with E-state index in [0.717, 1.165) is 24.4 Å². The lowest BCUT2D eigenvalue weighted by molar-refractivity contribution is 0.370. The fraction of sp³-hybridized carbons (Fsp3) is 0.273. The Morgan fingerprint density at radius 1 is 0.667 bits per heavy atom. The maximum absolute atomic E-state index is 5.56. The van der Waals surface area contributed by atoms with E-state index in [9.17, 15) is 0 Å². The highest BCUT2D eigenvalue weighted by Gasteiger charge is 2.27. The van der Waals surface area contributed by atoms with Crippen LogP contribution in [0.4, 0.5) is 0 Å². The molecule has 2 aliphatic rings. The molecule has 0 N–H and O–H groups in total. The SMILES string of the molecule is COC1=CC(CCC2C=C(OC)c3ccccc32)c2ccccc21. The van der Waals surface area contributed by atoms with Crippen LogP contribution >= 0.6 is 0 Å². The van der Waals surface area contributed by atoms with Crippen LogP contribution < -0.4 is 0 Å². The number of fused-ring (bicyclic) bond motifs is 2. The minimum Gasteiger partial charge on any atom is -0.496 e. The first-order chi connectivity index (χ1) is 11.8. The lowest BCUT2D eigenvalue weighted by atomic mass is 9.89. The summed E-state index contributed by atoms with van der Waals surface area (Å²) in [6.07, 6.45) is 6.76. The van der Waals surface area contributed by atoms with Gasteiger partial charge in [0.1, 0.15) is 11.5 Å². The second kappa shape index (κ2) is 6.20. The summed E-state index contributed by atoms with van der Waals surface area (Å²) < 4.78 is 11.1. The monoisotopic (exact) mass is 318 g/mol. The van der Waals surface area contributed by atoms with Gasteiger partial charge in [-0.3, -0.25) is 0 Å². The van der Waals surface area contributed by atoms with E-state index in [-0.39, 0.29) is 0 Å². The van der Waals surface area contributed by atoms with Gasteiger partial charge in [0.2, 0.25) is 0 Å². The van der Waals surface area contributed by atoms with E-state index in [1.165, 1.54) is 22.3 Å². The molecule has 0 saturated carbocycles. The minimum atomic E-state index is 0.434. The van der Waals surface area contributed by atoms with Crippen molar-refractivity contribution in [1.82, 2.24) is 0 Å². The molecule has 0 bridgehead atoms. The molecule has 2 nitrogen and oxygen atoms in total. The highest BCUT2D eigenvalue weighted by molar-refractivity contribution is 5.71. The van der Waals surface area contributed by atoms with Crippen LogP contribution in [-0.4, -0.2) is 14.2 Å². The second-order valence-corrected chi connectivity index (χ2v) is 6.43. The van der Waals surface area contributed by atoms with Gasteiger partial charge in [0.15, 0.2) is 0 Å². The number of ether oxygens (including phenoxy) is 2. The van der Waals surface area contributed by atoms with Gasteiger partial charge in [-0.2, -0.15) is 0 Å². The molecule has 2 aliphatic carbocycles. The zero-order valence-electron chi connectivity index (χ0n) is 14.2. The second-order valence-electron chi connectivity index (χ2n) is 6.43. The summed E-state index contributed by atoms with van der Waals surface area (Å²) >= 11 is 0. The molecule has 122 valence electrons. The Balaban J connectivity index is 1.55. The van der Waals surface area contributed by atoms with E-state index in [4.69, 9.17) is 9.47 Å². The molecule has 0 fully saturated rings. The molecule has 0 aromatic heterocycles. The Kier molecular flexibility index (Phi) is 3.89. The molecule has 2 unspecified atom stereocenters. The molecule has 24 heavy (non-hydrogen) atoms. The number of methoxy groups -OCH3 is 2. The van der Waals surface area contributed by atoms with Gasteiger partial charge in [0.05, 0.1) is 14.2 Å². The summed E-state index contributed by atoms with van der Waals surface area (Å²) in [4.78, 5) is 0.